The number of hydrogen-bond acceptors (Lipinski definition) is 3. The van der Waals surface area contributed by atoms with Gasteiger partial charge in [0.2, 0.25) is 0 Å². The molecule has 2 aliphatic rings. The van der Waals surface area contributed by atoms with Crippen molar-refractivity contribution in [2.24, 2.45) is 0 Å². The van der Waals surface area contributed by atoms with Gasteiger partial charge in [-0.2, -0.15) is 0 Å². The molecule has 124 valence electrons. The van der Waals surface area contributed by atoms with Crippen LogP contribution in [0.3, 0.4) is 0 Å². The number of benzene rings is 2. The summed E-state index contributed by atoms with van der Waals surface area (Å²) in [5.74, 6) is 0. The van der Waals surface area contributed by atoms with Gasteiger partial charge in [-0.25, -0.2) is 0 Å². The monoisotopic (exact) mass is 320 g/mol. The number of aliphatic hydroxyl groups excluding tert-OH is 1. The maximum absolute atomic E-state index is 10.9. The molecule has 4 rings (SSSR count). The van der Waals surface area contributed by atoms with Crippen LogP contribution in [0.15, 0.2) is 54.6 Å². The van der Waals surface area contributed by atoms with Crippen molar-refractivity contribution in [2.45, 2.75) is 25.0 Å². The molecule has 3 heteroatoms. The van der Waals surface area contributed by atoms with E-state index in [9.17, 15) is 5.11 Å². The van der Waals surface area contributed by atoms with E-state index in [1.54, 1.807) is 0 Å². The van der Waals surface area contributed by atoms with Crippen LogP contribution in [0.25, 0.3) is 6.08 Å². The van der Waals surface area contributed by atoms with Crippen LogP contribution in [-0.2, 0) is 0 Å². The summed E-state index contributed by atoms with van der Waals surface area (Å²) in [4.78, 5) is 4.57. The Labute approximate surface area is 143 Å². The summed E-state index contributed by atoms with van der Waals surface area (Å²) in [5.41, 5.74) is 4.55. The van der Waals surface area contributed by atoms with Crippen LogP contribution >= 0.6 is 0 Å². The van der Waals surface area contributed by atoms with Gasteiger partial charge in [0.05, 0.1) is 6.04 Å². The zero-order valence-electron chi connectivity index (χ0n) is 14.1. The second-order valence-electron chi connectivity index (χ2n) is 6.75. The minimum atomic E-state index is -0.511. The highest BCUT2D eigenvalue weighted by molar-refractivity contribution is 5.66. The molecule has 2 aromatic carbocycles. The van der Waals surface area contributed by atoms with E-state index in [1.807, 2.05) is 25.2 Å². The Hall–Kier alpha value is -2.26. The van der Waals surface area contributed by atoms with Gasteiger partial charge in [-0.3, -0.25) is 0 Å². The first kappa shape index (κ1) is 15.3. The van der Waals surface area contributed by atoms with E-state index < -0.39 is 6.10 Å². The Morgan fingerprint density at radius 1 is 1.04 bits per heavy atom. The molecule has 2 aromatic rings. The van der Waals surface area contributed by atoms with Crippen LogP contribution in [-0.4, -0.2) is 31.3 Å². The number of hydrogen-bond donors (Lipinski definition) is 1. The number of rotatable bonds is 3. The van der Waals surface area contributed by atoms with Crippen LogP contribution in [0.2, 0.25) is 0 Å². The Balaban J connectivity index is 1.60. The van der Waals surface area contributed by atoms with E-state index >= 15 is 0 Å². The van der Waals surface area contributed by atoms with Gasteiger partial charge in [0.25, 0.3) is 0 Å². The Bertz CT molecular complexity index is 735. The lowest BCUT2D eigenvalue weighted by Crippen LogP contribution is -2.37. The van der Waals surface area contributed by atoms with E-state index in [4.69, 9.17) is 0 Å². The summed E-state index contributed by atoms with van der Waals surface area (Å²) in [6, 6.07) is 16.7. The summed E-state index contributed by atoms with van der Waals surface area (Å²) in [5, 5.41) is 10.9. The average Bonchev–Trinajstić information content (AvgIpc) is 3.17. The van der Waals surface area contributed by atoms with Gasteiger partial charge < -0.3 is 14.9 Å². The predicted octanol–water partition coefficient (Wildman–Crippen LogP) is 3.85. The highest BCUT2D eigenvalue weighted by atomic mass is 16.3. The molecule has 1 fully saturated rings. The molecule has 1 aliphatic heterocycles. The zero-order chi connectivity index (χ0) is 16.5. The first-order valence-electron chi connectivity index (χ1n) is 8.77. The molecule has 2 atom stereocenters. The minimum absolute atomic E-state index is 0.0439. The van der Waals surface area contributed by atoms with Crippen LogP contribution in [0.5, 0.6) is 0 Å². The van der Waals surface area contributed by atoms with Crippen molar-refractivity contribution in [2.75, 3.05) is 29.9 Å². The molecule has 0 bridgehead atoms. The smallest absolute Gasteiger partial charge is 0.103 e. The molecule has 0 amide bonds. The summed E-state index contributed by atoms with van der Waals surface area (Å²) in [6.07, 6.45) is 6.32. The lowest BCUT2D eigenvalue weighted by Gasteiger charge is -2.35. The van der Waals surface area contributed by atoms with E-state index in [2.05, 4.69) is 52.3 Å². The van der Waals surface area contributed by atoms with Gasteiger partial charge in [0.1, 0.15) is 6.10 Å². The second-order valence-corrected chi connectivity index (χ2v) is 6.75. The van der Waals surface area contributed by atoms with Crippen molar-refractivity contribution < 1.29 is 5.11 Å². The Kier molecular flexibility index (Phi) is 4.03. The molecule has 1 aliphatic carbocycles. The number of anilines is 2. The minimum Gasteiger partial charge on any atom is -0.386 e. The van der Waals surface area contributed by atoms with Gasteiger partial charge in [0.15, 0.2) is 0 Å². The van der Waals surface area contributed by atoms with Crippen molar-refractivity contribution in [3.8, 4) is 0 Å². The number of para-hydroxylation sites is 1. The van der Waals surface area contributed by atoms with Gasteiger partial charge in [-0.15, -0.1) is 0 Å². The first-order chi connectivity index (χ1) is 11.7. The topological polar surface area (TPSA) is 26.7 Å². The van der Waals surface area contributed by atoms with Crippen molar-refractivity contribution in [3.05, 3.63) is 65.7 Å². The molecule has 0 aromatic heterocycles. The van der Waals surface area contributed by atoms with Crippen molar-refractivity contribution in [1.82, 2.24) is 0 Å². The summed E-state index contributed by atoms with van der Waals surface area (Å²) < 4.78 is 0. The van der Waals surface area contributed by atoms with E-state index in [0.29, 0.717) is 0 Å². The summed E-state index contributed by atoms with van der Waals surface area (Å²) in [7, 11) is 2.04. The predicted molar refractivity (Wildman–Crippen MR) is 101 cm³/mol. The van der Waals surface area contributed by atoms with Crippen molar-refractivity contribution in [1.29, 1.82) is 0 Å². The fraction of sp³-hybridized carbons (Fsp3) is 0.333. The molecule has 0 unspecified atom stereocenters. The molecule has 24 heavy (non-hydrogen) atoms. The highest BCUT2D eigenvalue weighted by Gasteiger charge is 2.28. The average molecular weight is 320 g/mol. The molecular formula is C21H24N2O. The largest absolute Gasteiger partial charge is 0.386 e. The maximum Gasteiger partial charge on any atom is 0.103 e. The van der Waals surface area contributed by atoms with E-state index in [-0.39, 0.29) is 6.04 Å². The fourth-order valence-electron chi connectivity index (χ4n) is 3.82. The molecule has 1 heterocycles. The fourth-order valence-corrected chi connectivity index (χ4v) is 3.82. The van der Waals surface area contributed by atoms with Crippen LogP contribution < -0.4 is 9.80 Å². The Morgan fingerprint density at radius 3 is 2.54 bits per heavy atom. The normalized spacial score (nSPS) is 22.5. The second kappa shape index (κ2) is 6.33. The number of likely N-dealkylation sites (N-methyl/N-ethyl adjacent to an activating group) is 1. The first-order valence-corrected chi connectivity index (χ1v) is 8.77. The van der Waals surface area contributed by atoms with Gasteiger partial charge in [-0.05, 0) is 48.2 Å². The van der Waals surface area contributed by atoms with Gasteiger partial charge in [0, 0.05) is 31.5 Å². The Morgan fingerprint density at radius 2 is 1.79 bits per heavy atom. The van der Waals surface area contributed by atoms with E-state index in [0.717, 1.165) is 29.9 Å². The number of fused-ring (bicyclic) bond motifs is 1. The van der Waals surface area contributed by atoms with Gasteiger partial charge in [-0.1, -0.05) is 36.4 Å². The van der Waals surface area contributed by atoms with Crippen molar-refractivity contribution in [3.63, 3.8) is 0 Å². The molecule has 0 radical (unpaired) electrons. The molecule has 0 spiro atoms. The van der Waals surface area contributed by atoms with Crippen LogP contribution in [0, 0.1) is 0 Å². The van der Waals surface area contributed by atoms with Crippen LogP contribution in [0.4, 0.5) is 11.4 Å². The van der Waals surface area contributed by atoms with Crippen LogP contribution in [0.1, 0.15) is 30.1 Å². The zero-order valence-corrected chi connectivity index (χ0v) is 14.1. The SMILES string of the molecule is CN(c1ccccc1)[C@H]1C=Cc2cc(N3CCCC3)ccc2[C@@H]1O. The third-order valence-electron chi connectivity index (χ3n) is 5.27. The lowest BCUT2D eigenvalue weighted by atomic mass is 9.90. The third-order valence-corrected chi connectivity index (χ3v) is 5.27. The summed E-state index contributed by atoms with van der Waals surface area (Å²) >= 11 is 0. The quantitative estimate of drug-likeness (QED) is 0.930. The summed E-state index contributed by atoms with van der Waals surface area (Å²) in [6.45, 7) is 2.29. The lowest BCUT2D eigenvalue weighted by molar-refractivity contribution is 0.159. The van der Waals surface area contributed by atoms with E-state index in [1.165, 1.54) is 18.5 Å². The maximum atomic E-state index is 10.9. The molecule has 3 nitrogen and oxygen atoms in total. The number of nitrogens with zero attached hydrogens (tertiary/aromatic N) is 2. The van der Waals surface area contributed by atoms with Gasteiger partial charge >= 0.3 is 0 Å². The highest BCUT2D eigenvalue weighted by Crippen LogP contribution is 2.35. The molecule has 1 N–H and O–H groups in total. The molecule has 0 saturated carbocycles. The number of aliphatic hydroxyl groups is 1. The molecular weight excluding hydrogens is 296 g/mol. The standard InChI is InChI=1S/C21H24N2O/c1-22(17-7-3-2-4-8-17)20-12-9-16-15-18(23-13-5-6-14-23)10-11-19(16)21(20)24/h2-4,7-12,15,20-21,24H,5-6,13-14H2,1H3/t20-,21-/m0/s1. The molecule has 1 saturated heterocycles. The van der Waals surface area contributed by atoms with Crippen molar-refractivity contribution >= 4 is 17.5 Å². The third kappa shape index (κ3) is 2.69.